The van der Waals surface area contributed by atoms with E-state index in [9.17, 15) is 0 Å². The molecule has 0 fully saturated rings. The molecular weight excluding hydrogens is 266 g/mol. The lowest BCUT2D eigenvalue weighted by Crippen LogP contribution is -2.21. The fraction of sp³-hybridized carbons (Fsp3) is 0.438. The van der Waals surface area contributed by atoms with Crippen LogP contribution in [0.1, 0.15) is 24.4 Å². The molecule has 3 rings (SSSR count). The van der Waals surface area contributed by atoms with Crippen molar-refractivity contribution in [2.45, 2.75) is 18.9 Å². The van der Waals surface area contributed by atoms with E-state index in [-0.39, 0.29) is 6.04 Å². The molecule has 21 heavy (non-hydrogen) atoms. The van der Waals surface area contributed by atoms with Gasteiger partial charge < -0.3 is 19.4 Å². The maximum Gasteiger partial charge on any atom is 0.203 e. The molecule has 1 atom stereocenters. The largest absolute Gasteiger partial charge is 0.493 e. The third kappa shape index (κ3) is 3.03. The standard InChI is InChI=1S/C16H21N3O2/c1-20-11-4-8-17-16-18-9-10-19(16)14-7-12-21-15-6-3-2-5-13(14)15/h2-3,5-6,9-10,14H,4,7-8,11-12H2,1H3,(H,17,18). The number of ether oxygens (including phenoxy) is 2. The second-order valence-electron chi connectivity index (χ2n) is 5.12. The van der Waals surface area contributed by atoms with Crippen molar-refractivity contribution in [2.24, 2.45) is 0 Å². The number of para-hydroxylation sites is 1. The summed E-state index contributed by atoms with van der Waals surface area (Å²) in [7, 11) is 1.72. The Morgan fingerprint density at radius 1 is 1.43 bits per heavy atom. The predicted molar refractivity (Wildman–Crippen MR) is 81.9 cm³/mol. The molecule has 1 N–H and O–H groups in total. The highest BCUT2D eigenvalue weighted by atomic mass is 16.5. The minimum absolute atomic E-state index is 0.280. The molecular formula is C16H21N3O2. The van der Waals surface area contributed by atoms with Gasteiger partial charge in [-0.25, -0.2) is 4.98 Å². The van der Waals surface area contributed by atoms with Crippen LogP contribution in [0.2, 0.25) is 0 Å². The Labute approximate surface area is 124 Å². The summed E-state index contributed by atoms with van der Waals surface area (Å²) >= 11 is 0. The summed E-state index contributed by atoms with van der Waals surface area (Å²) in [6, 6.07) is 8.52. The van der Waals surface area contributed by atoms with Gasteiger partial charge in [0.05, 0.1) is 12.6 Å². The molecule has 0 aliphatic carbocycles. The van der Waals surface area contributed by atoms with Crippen LogP contribution in [-0.2, 0) is 4.74 Å². The van der Waals surface area contributed by atoms with E-state index in [4.69, 9.17) is 9.47 Å². The van der Waals surface area contributed by atoms with Gasteiger partial charge in [-0.3, -0.25) is 0 Å². The number of nitrogens with one attached hydrogen (secondary N) is 1. The molecule has 1 aliphatic rings. The molecule has 0 radical (unpaired) electrons. The highest BCUT2D eigenvalue weighted by Crippen LogP contribution is 2.35. The zero-order chi connectivity index (χ0) is 14.5. The third-order valence-electron chi connectivity index (χ3n) is 3.74. The van der Waals surface area contributed by atoms with Gasteiger partial charge in [-0.05, 0) is 12.5 Å². The van der Waals surface area contributed by atoms with Gasteiger partial charge in [0.25, 0.3) is 0 Å². The maximum atomic E-state index is 5.73. The van der Waals surface area contributed by atoms with Crippen molar-refractivity contribution in [3.63, 3.8) is 0 Å². The Kier molecular flexibility index (Phi) is 4.40. The van der Waals surface area contributed by atoms with Gasteiger partial charge in [-0.15, -0.1) is 0 Å². The van der Waals surface area contributed by atoms with Crippen molar-refractivity contribution in [2.75, 3.05) is 32.2 Å². The Hall–Kier alpha value is -2.01. The summed E-state index contributed by atoms with van der Waals surface area (Å²) in [6.45, 7) is 2.35. The first kappa shape index (κ1) is 13.9. The van der Waals surface area contributed by atoms with Gasteiger partial charge in [0.2, 0.25) is 5.95 Å². The lowest BCUT2D eigenvalue weighted by molar-refractivity contribution is 0.197. The zero-order valence-corrected chi connectivity index (χ0v) is 12.3. The van der Waals surface area contributed by atoms with Crippen LogP contribution in [0, 0.1) is 0 Å². The van der Waals surface area contributed by atoms with E-state index < -0.39 is 0 Å². The number of nitrogens with zero attached hydrogens (tertiary/aromatic N) is 2. The SMILES string of the molecule is COCCCNc1nccn1C1CCOc2ccccc21. The van der Waals surface area contributed by atoms with Crippen molar-refractivity contribution in [1.29, 1.82) is 0 Å². The second kappa shape index (κ2) is 6.63. The van der Waals surface area contributed by atoms with Gasteiger partial charge in [-0.2, -0.15) is 0 Å². The summed E-state index contributed by atoms with van der Waals surface area (Å²) in [5, 5.41) is 3.39. The predicted octanol–water partition coefficient (Wildman–Crippen LogP) is 2.70. The second-order valence-corrected chi connectivity index (χ2v) is 5.12. The molecule has 0 bridgehead atoms. The van der Waals surface area contributed by atoms with E-state index in [2.05, 4.69) is 27.0 Å². The Morgan fingerprint density at radius 3 is 3.24 bits per heavy atom. The minimum atomic E-state index is 0.280. The summed E-state index contributed by atoms with van der Waals surface area (Å²) in [5.74, 6) is 1.89. The van der Waals surface area contributed by atoms with E-state index >= 15 is 0 Å². The molecule has 0 amide bonds. The Morgan fingerprint density at radius 2 is 2.33 bits per heavy atom. The number of rotatable bonds is 6. The molecule has 1 unspecified atom stereocenters. The first-order valence-electron chi connectivity index (χ1n) is 7.37. The van der Waals surface area contributed by atoms with Crippen LogP contribution in [0.4, 0.5) is 5.95 Å². The van der Waals surface area contributed by atoms with Crippen LogP contribution in [-0.4, -0.2) is 36.4 Å². The van der Waals surface area contributed by atoms with Gasteiger partial charge in [-0.1, -0.05) is 18.2 Å². The number of imidazole rings is 1. The van der Waals surface area contributed by atoms with Crippen molar-refractivity contribution in [1.82, 2.24) is 9.55 Å². The Bertz CT molecular complexity index is 582. The molecule has 5 nitrogen and oxygen atoms in total. The fourth-order valence-corrected chi connectivity index (χ4v) is 2.73. The van der Waals surface area contributed by atoms with Crippen LogP contribution in [0.5, 0.6) is 5.75 Å². The smallest absolute Gasteiger partial charge is 0.203 e. The highest BCUT2D eigenvalue weighted by molar-refractivity contribution is 5.40. The molecule has 1 aromatic heterocycles. The molecule has 112 valence electrons. The third-order valence-corrected chi connectivity index (χ3v) is 3.74. The minimum Gasteiger partial charge on any atom is -0.493 e. The molecule has 1 aromatic carbocycles. The number of hydrogen-bond donors (Lipinski definition) is 1. The quantitative estimate of drug-likeness (QED) is 0.830. The summed E-state index contributed by atoms with van der Waals surface area (Å²) in [4.78, 5) is 4.43. The van der Waals surface area contributed by atoms with Gasteiger partial charge in [0.15, 0.2) is 0 Å². The summed E-state index contributed by atoms with van der Waals surface area (Å²) < 4.78 is 13.0. The monoisotopic (exact) mass is 287 g/mol. The molecule has 2 heterocycles. The average molecular weight is 287 g/mol. The molecule has 0 saturated carbocycles. The fourth-order valence-electron chi connectivity index (χ4n) is 2.73. The molecule has 0 spiro atoms. The van der Waals surface area contributed by atoms with Crippen LogP contribution >= 0.6 is 0 Å². The van der Waals surface area contributed by atoms with Crippen molar-refractivity contribution in [3.05, 3.63) is 42.2 Å². The number of fused-ring (bicyclic) bond motifs is 1. The van der Waals surface area contributed by atoms with E-state index in [1.807, 2.05) is 24.5 Å². The summed E-state index contributed by atoms with van der Waals surface area (Å²) in [6.07, 6.45) is 5.80. The van der Waals surface area contributed by atoms with Gasteiger partial charge in [0, 0.05) is 44.6 Å². The van der Waals surface area contributed by atoms with E-state index in [1.54, 1.807) is 7.11 Å². The summed E-state index contributed by atoms with van der Waals surface area (Å²) in [5.41, 5.74) is 1.22. The average Bonchev–Trinajstić information content (AvgIpc) is 2.99. The number of benzene rings is 1. The van der Waals surface area contributed by atoms with E-state index in [1.165, 1.54) is 5.56 Å². The first-order chi connectivity index (χ1) is 10.4. The van der Waals surface area contributed by atoms with Gasteiger partial charge in [0.1, 0.15) is 5.75 Å². The van der Waals surface area contributed by atoms with E-state index in [0.29, 0.717) is 0 Å². The lowest BCUT2D eigenvalue weighted by atomic mass is 10.0. The first-order valence-corrected chi connectivity index (χ1v) is 7.37. The van der Waals surface area contributed by atoms with Crippen LogP contribution in [0.3, 0.4) is 0 Å². The number of methoxy groups -OCH3 is 1. The number of anilines is 1. The number of aromatic nitrogens is 2. The lowest BCUT2D eigenvalue weighted by Gasteiger charge is -2.28. The molecule has 5 heteroatoms. The number of hydrogen-bond acceptors (Lipinski definition) is 4. The van der Waals surface area contributed by atoms with Crippen molar-refractivity contribution < 1.29 is 9.47 Å². The topological polar surface area (TPSA) is 48.3 Å². The maximum absolute atomic E-state index is 5.73. The normalized spacial score (nSPS) is 17.1. The Balaban J connectivity index is 1.77. The molecule has 0 saturated heterocycles. The highest BCUT2D eigenvalue weighted by Gasteiger charge is 2.24. The van der Waals surface area contributed by atoms with Crippen molar-refractivity contribution >= 4 is 5.95 Å². The van der Waals surface area contributed by atoms with Crippen molar-refractivity contribution in [3.8, 4) is 5.75 Å². The zero-order valence-electron chi connectivity index (χ0n) is 12.3. The van der Waals surface area contributed by atoms with Crippen LogP contribution in [0.25, 0.3) is 0 Å². The van der Waals surface area contributed by atoms with Crippen LogP contribution < -0.4 is 10.1 Å². The molecule has 2 aromatic rings. The molecule has 1 aliphatic heterocycles. The van der Waals surface area contributed by atoms with E-state index in [0.717, 1.165) is 44.3 Å². The van der Waals surface area contributed by atoms with Gasteiger partial charge >= 0.3 is 0 Å². The van der Waals surface area contributed by atoms with Crippen LogP contribution in [0.15, 0.2) is 36.7 Å².